The maximum absolute atomic E-state index is 5.70. The monoisotopic (exact) mass is 243 g/mol. The van der Waals surface area contributed by atoms with Gasteiger partial charge in [0.05, 0.1) is 5.69 Å². The highest BCUT2D eigenvalue weighted by atomic mass is 15.2. The third-order valence-corrected chi connectivity index (χ3v) is 2.75. The van der Waals surface area contributed by atoms with Crippen molar-refractivity contribution in [1.29, 1.82) is 0 Å². The second kappa shape index (κ2) is 6.07. The van der Waals surface area contributed by atoms with Crippen molar-refractivity contribution in [3.05, 3.63) is 48.2 Å². The Balaban J connectivity index is 2.23. The molecule has 2 aromatic rings. The third kappa shape index (κ3) is 2.81. The molecule has 0 amide bonds. The first kappa shape index (κ1) is 12.4. The lowest BCUT2D eigenvalue weighted by Gasteiger charge is -2.23. The Bertz CT molecular complexity index is 486. The van der Waals surface area contributed by atoms with Crippen molar-refractivity contribution in [3.63, 3.8) is 0 Å². The fourth-order valence-electron chi connectivity index (χ4n) is 1.81. The molecule has 0 bridgehead atoms. The summed E-state index contributed by atoms with van der Waals surface area (Å²) >= 11 is 0. The lowest BCUT2D eigenvalue weighted by Crippen LogP contribution is -2.25. The summed E-state index contributed by atoms with van der Waals surface area (Å²) in [6, 6.07) is 4.00. The summed E-state index contributed by atoms with van der Waals surface area (Å²) in [4.78, 5) is 14.8. The number of rotatable bonds is 5. The minimum atomic E-state index is 0.399. The van der Waals surface area contributed by atoms with Gasteiger partial charge in [-0.05, 0) is 24.6 Å². The van der Waals surface area contributed by atoms with Gasteiger partial charge in [0, 0.05) is 44.4 Å². The minimum Gasteiger partial charge on any atom is -0.351 e. The summed E-state index contributed by atoms with van der Waals surface area (Å²) in [5.74, 6) is 0.860. The van der Waals surface area contributed by atoms with E-state index in [9.17, 15) is 0 Å². The molecule has 0 saturated carbocycles. The van der Waals surface area contributed by atoms with Crippen LogP contribution in [0.25, 0.3) is 0 Å². The fraction of sp³-hybridized carbons (Fsp3) is 0.308. The van der Waals surface area contributed by atoms with Gasteiger partial charge in [-0.25, -0.2) is 4.98 Å². The largest absolute Gasteiger partial charge is 0.351 e. The van der Waals surface area contributed by atoms with E-state index in [1.807, 2.05) is 12.1 Å². The fourth-order valence-corrected chi connectivity index (χ4v) is 1.81. The van der Waals surface area contributed by atoms with Crippen LogP contribution in [-0.4, -0.2) is 21.5 Å². The van der Waals surface area contributed by atoms with Crippen molar-refractivity contribution in [3.8, 4) is 0 Å². The average Bonchev–Trinajstić information content (AvgIpc) is 2.46. The predicted octanol–water partition coefficient (Wildman–Crippen LogP) is 1.36. The number of aromatic nitrogens is 3. The molecule has 0 radical (unpaired) electrons. The molecule has 5 heteroatoms. The van der Waals surface area contributed by atoms with Gasteiger partial charge in [0.1, 0.15) is 0 Å². The summed E-state index contributed by atoms with van der Waals surface area (Å²) in [6.45, 7) is 4.13. The molecule has 0 saturated heterocycles. The molecule has 0 aromatic carbocycles. The highest BCUT2D eigenvalue weighted by molar-refractivity contribution is 5.43. The van der Waals surface area contributed by atoms with Crippen molar-refractivity contribution in [1.82, 2.24) is 15.0 Å². The van der Waals surface area contributed by atoms with E-state index in [4.69, 9.17) is 5.73 Å². The lowest BCUT2D eigenvalue weighted by atomic mass is 10.2. The van der Waals surface area contributed by atoms with Crippen molar-refractivity contribution < 1.29 is 0 Å². The maximum Gasteiger partial charge on any atom is 0.151 e. The number of anilines is 1. The van der Waals surface area contributed by atoms with Gasteiger partial charge in [-0.3, -0.25) is 9.97 Å². The summed E-state index contributed by atoms with van der Waals surface area (Å²) in [5.41, 5.74) is 7.72. The first-order chi connectivity index (χ1) is 8.85. The molecule has 94 valence electrons. The molecule has 0 atom stereocenters. The lowest BCUT2D eigenvalue weighted by molar-refractivity contribution is 0.788. The summed E-state index contributed by atoms with van der Waals surface area (Å²) in [7, 11) is 0. The summed E-state index contributed by atoms with van der Waals surface area (Å²) in [6.07, 6.45) is 6.96. The van der Waals surface area contributed by atoms with Crippen LogP contribution in [0.15, 0.2) is 36.9 Å². The number of nitrogens with zero attached hydrogens (tertiary/aromatic N) is 4. The van der Waals surface area contributed by atoms with Crippen LogP contribution in [0.3, 0.4) is 0 Å². The zero-order valence-corrected chi connectivity index (χ0v) is 10.5. The van der Waals surface area contributed by atoms with Crippen LogP contribution >= 0.6 is 0 Å². The molecule has 0 unspecified atom stereocenters. The second-order valence-corrected chi connectivity index (χ2v) is 3.90. The molecule has 0 aliphatic heterocycles. The topological polar surface area (TPSA) is 67.9 Å². The Hall–Kier alpha value is -2.01. The molecule has 2 aromatic heterocycles. The molecule has 0 fully saturated rings. The average molecular weight is 243 g/mol. The van der Waals surface area contributed by atoms with E-state index in [0.717, 1.165) is 24.6 Å². The van der Waals surface area contributed by atoms with E-state index in [1.54, 1.807) is 24.8 Å². The zero-order valence-electron chi connectivity index (χ0n) is 10.5. The Kier molecular flexibility index (Phi) is 4.20. The van der Waals surface area contributed by atoms with Crippen molar-refractivity contribution in [2.45, 2.75) is 20.0 Å². The van der Waals surface area contributed by atoms with Gasteiger partial charge < -0.3 is 10.6 Å². The quantitative estimate of drug-likeness (QED) is 0.858. The molecule has 0 aliphatic carbocycles. The van der Waals surface area contributed by atoms with Crippen LogP contribution < -0.4 is 10.6 Å². The normalized spacial score (nSPS) is 10.3. The summed E-state index contributed by atoms with van der Waals surface area (Å²) in [5, 5.41) is 0. The van der Waals surface area contributed by atoms with Crippen LogP contribution in [-0.2, 0) is 13.1 Å². The highest BCUT2D eigenvalue weighted by Gasteiger charge is 2.11. The van der Waals surface area contributed by atoms with Crippen LogP contribution in [0.4, 0.5) is 5.82 Å². The van der Waals surface area contributed by atoms with Gasteiger partial charge >= 0.3 is 0 Å². The number of pyridine rings is 1. The van der Waals surface area contributed by atoms with Crippen LogP contribution in [0.1, 0.15) is 18.2 Å². The van der Waals surface area contributed by atoms with Crippen molar-refractivity contribution in [2.75, 3.05) is 11.4 Å². The standard InChI is InChI=1S/C13H17N5/c1-2-18(10-11-3-5-15-6-4-11)13-12(9-14)16-7-8-17-13/h3-8H,2,9-10,14H2,1H3. The van der Waals surface area contributed by atoms with E-state index in [1.165, 1.54) is 5.56 Å². The number of nitrogens with two attached hydrogens (primary N) is 1. The molecule has 2 N–H and O–H groups in total. The molecular weight excluding hydrogens is 226 g/mol. The first-order valence-electron chi connectivity index (χ1n) is 5.99. The van der Waals surface area contributed by atoms with Gasteiger partial charge in [0.15, 0.2) is 5.82 Å². The van der Waals surface area contributed by atoms with Gasteiger partial charge in [-0.15, -0.1) is 0 Å². The highest BCUT2D eigenvalue weighted by Crippen LogP contribution is 2.16. The van der Waals surface area contributed by atoms with Crippen LogP contribution in [0, 0.1) is 0 Å². The van der Waals surface area contributed by atoms with Gasteiger partial charge in [0.2, 0.25) is 0 Å². The predicted molar refractivity (Wildman–Crippen MR) is 70.9 cm³/mol. The van der Waals surface area contributed by atoms with E-state index in [2.05, 4.69) is 26.8 Å². The smallest absolute Gasteiger partial charge is 0.151 e. The number of hydrogen-bond acceptors (Lipinski definition) is 5. The van der Waals surface area contributed by atoms with Crippen molar-refractivity contribution in [2.24, 2.45) is 5.73 Å². The van der Waals surface area contributed by atoms with Crippen LogP contribution in [0.5, 0.6) is 0 Å². The molecule has 0 spiro atoms. The Morgan fingerprint density at radius 1 is 1.11 bits per heavy atom. The van der Waals surface area contributed by atoms with Gasteiger partial charge in [-0.2, -0.15) is 0 Å². The van der Waals surface area contributed by atoms with E-state index >= 15 is 0 Å². The van der Waals surface area contributed by atoms with E-state index in [-0.39, 0.29) is 0 Å². The molecule has 2 heterocycles. The van der Waals surface area contributed by atoms with Gasteiger partial charge in [0.25, 0.3) is 0 Å². The summed E-state index contributed by atoms with van der Waals surface area (Å²) < 4.78 is 0. The maximum atomic E-state index is 5.70. The molecule has 0 aliphatic rings. The SMILES string of the molecule is CCN(Cc1ccncc1)c1nccnc1CN. The Morgan fingerprint density at radius 2 is 1.83 bits per heavy atom. The van der Waals surface area contributed by atoms with Crippen molar-refractivity contribution >= 4 is 5.82 Å². The molecule has 5 nitrogen and oxygen atoms in total. The number of hydrogen-bond donors (Lipinski definition) is 1. The first-order valence-corrected chi connectivity index (χ1v) is 5.99. The zero-order chi connectivity index (χ0) is 12.8. The van der Waals surface area contributed by atoms with Crippen LogP contribution in [0.2, 0.25) is 0 Å². The Morgan fingerprint density at radius 3 is 2.50 bits per heavy atom. The Labute approximate surface area is 107 Å². The third-order valence-electron chi connectivity index (χ3n) is 2.75. The van der Waals surface area contributed by atoms with E-state index in [0.29, 0.717) is 6.54 Å². The second-order valence-electron chi connectivity index (χ2n) is 3.90. The molecule has 2 rings (SSSR count). The molecular formula is C13H17N5. The molecule has 18 heavy (non-hydrogen) atoms. The minimum absolute atomic E-state index is 0.399. The van der Waals surface area contributed by atoms with Gasteiger partial charge in [-0.1, -0.05) is 0 Å². The van der Waals surface area contributed by atoms with E-state index < -0.39 is 0 Å².